The summed E-state index contributed by atoms with van der Waals surface area (Å²) in [5.41, 5.74) is 1.36. The van der Waals surface area contributed by atoms with Crippen LogP contribution in [0.15, 0.2) is 0 Å². The van der Waals surface area contributed by atoms with Gasteiger partial charge in [0.25, 0.3) is 5.91 Å². The smallest absolute Gasteiger partial charge is 0.275 e. The van der Waals surface area contributed by atoms with Crippen molar-refractivity contribution in [3.8, 4) is 0 Å². The van der Waals surface area contributed by atoms with Gasteiger partial charge in [-0.3, -0.25) is 9.48 Å². The van der Waals surface area contributed by atoms with Crippen LogP contribution in [0.4, 0.5) is 0 Å². The minimum absolute atomic E-state index is 0.0547. The number of hydrogen-bond donors (Lipinski definition) is 0. The zero-order valence-corrected chi connectivity index (χ0v) is 14.0. The first-order chi connectivity index (χ1) is 10.6. The maximum atomic E-state index is 12.6. The molecule has 0 atom stereocenters. The number of aromatic nitrogens is 2. The first-order valence-electron chi connectivity index (χ1n) is 7.91. The normalized spacial score (nSPS) is 19.7. The van der Waals surface area contributed by atoms with E-state index in [0.717, 1.165) is 58.1 Å². The number of rotatable bonds is 4. The van der Waals surface area contributed by atoms with E-state index in [1.807, 2.05) is 16.5 Å². The molecule has 0 aliphatic carbocycles. The number of halogens is 1. The Balaban J connectivity index is 1.68. The topological polar surface area (TPSA) is 50.6 Å². The summed E-state index contributed by atoms with van der Waals surface area (Å²) in [6.45, 7) is 7.47. The molecule has 0 N–H and O–H groups in total. The predicted octanol–water partition coefficient (Wildman–Crippen LogP) is 1.48. The molecule has 0 unspecified atom stereocenters. The molecular weight excluding hydrogens is 304 g/mol. The number of aryl methyl sites for hydroxylation is 1. The zero-order chi connectivity index (χ0) is 15.7. The van der Waals surface area contributed by atoms with Gasteiger partial charge in [0, 0.05) is 45.2 Å². The Morgan fingerprint density at radius 2 is 2.18 bits per heavy atom. The highest BCUT2D eigenvalue weighted by atomic mass is 35.5. The van der Waals surface area contributed by atoms with Gasteiger partial charge in [-0.25, -0.2) is 0 Å². The summed E-state index contributed by atoms with van der Waals surface area (Å²) in [5, 5.41) is 4.99. The third-order valence-electron chi connectivity index (χ3n) is 4.33. The van der Waals surface area contributed by atoms with Gasteiger partial charge in [0.05, 0.1) is 17.3 Å². The Morgan fingerprint density at radius 1 is 1.41 bits per heavy atom. The molecule has 1 aromatic rings. The molecule has 7 heteroatoms. The van der Waals surface area contributed by atoms with E-state index in [2.05, 4.69) is 17.0 Å². The number of hydrogen-bond acceptors (Lipinski definition) is 4. The lowest BCUT2D eigenvalue weighted by atomic mass is 10.0. The summed E-state index contributed by atoms with van der Waals surface area (Å²) in [6, 6.07) is 0. The molecule has 2 aliphatic rings. The van der Waals surface area contributed by atoms with Gasteiger partial charge >= 0.3 is 0 Å². The second-order valence-corrected chi connectivity index (χ2v) is 6.54. The van der Waals surface area contributed by atoms with Gasteiger partial charge in [0.15, 0.2) is 5.69 Å². The van der Waals surface area contributed by atoms with Crippen molar-refractivity contribution in [2.45, 2.75) is 26.4 Å². The lowest BCUT2D eigenvalue weighted by Crippen LogP contribution is -2.51. The predicted molar refractivity (Wildman–Crippen MR) is 84.1 cm³/mol. The second-order valence-electron chi connectivity index (χ2n) is 6.16. The molecule has 1 fully saturated rings. The van der Waals surface area contributed by atoms with E-state index in [9.17, 15) is 4.79 Å². The summed E-state index contributed by atoms with van der Waals surface area (Å²) in [4.78, 5) is 16.6. The highest BCUT2D eigenvalue weighted by Crippen LogP contribution is 2.27. The molecule has 0 bridgehead atoms. The molecule has 2 aliphatic heterocycles. The second kappa shape index (κ2) is 6.56. The fourth-order valence-electron chi connectivity index (χ4n) is 3.05. The van der Waals surface area contributed by atoms with Crippen molar-refractivity contribution in [3.63, 3.8) is 0 Å². The highest BCUT2D eigenvalue weighted by Gasteiger charge is 2.34. The van der Waals surface area contributed by atoms with E-state index in [0.29, 0.717) is 16.6 Å². The van der Waals surface area contributed by atoms with E-state index in [-0.39, 0.29) is 5.91 Å². The standard InChI is InChI=1S/C15H23ClN4O2/c1-3-22-10-11-7-19(8-11)15(21)14-13(16)12-9-18(2)5-4-6-20(12)17-14/h11H,3-10H2,1-2H3. The molecule has 0 saturated carbocycles. The number of fused-ring (bicyclic) bond motifs is 1. The molecule has 1 saturated heterocycles. The Bertz CT molecular complexity index is 554. The van der Waals surface area contributed by atoms with Crippen molar-refractivity contribution in [2.75, 3.05) is 39.9 Å². The molecule has 3 heterocycles. The molecule has 1 aromatic heterocycles. The van der Waals surface area contributed by atoms with E-state index in [1.165, 1.54) is 0 Å². The van der Waals surface area contributed by atoms with E-state index in [4.69, 9.17) is 16.3 Å². The number of ether oxygens (including phenoxy) is 1. The van der Waals surface area contributed by atoms with Crippen LogP contribution in [0.25, 0.3) is 0 Å². The van der Waals surface area contributed by atoms with Gasteiger partial charge in [0.1, 0.15) is 0 Å². The summed E-state index contributed by atoms with van der Waals surface area (Å²) >= 11 is 6.44. The van der Waals surface area contributed by atoms with Crippen LogP contribution in [-0.2, 0) is 17.8 Å². The minimum atomic E-state index is -0.0547. The van der Waals surface area contributed by atoms with Gasteiger partial charge in [-0.2, -0.15) is 5.10 Å². The van der Waals surface area contributed by atoms with Crippen LogP contribution in [-0.4, -0.2) is 65.4 Å². The van der Waals surface area contributed by atoms with Gasteiger partial charge in [-0.15, -0.1) is 0 Å². The third kappa shape index (κ3) is 3.00. The Kier molecular flexibility index (Phi) is 4.70. The lowest BCUT2D eigenvalue weighted by molar-refractivity contribution is 0.0173. The SMILES string of the molecule is CCOCC1CN(C(=O)c2nn3c(c2Cl)CN(C)CCC3)C1. The fourth-order valence-corrected chi connectivity index (χ4v) is 3.32. The molecule has 6 nitrogen and oxygen atoms in total. The zero-order valence-electron chi connectivity index (χ0n) is 13.2. The summed E-state index contributed by atoms with van der Waals surface area (Å²) in [5.74, 6) is 0.384. The summed E-state index contributed by atoms with van der Waals surface area (Å²) in [6.07, 6.45) is 1.02. The molecule has 22 heavy (non-hydrogen) atoms. The number of carbonyl (C=O) groups is 1. The van der Waals surface area contributed by atoms with Gasteiger partial charge in [-0.05, 0) is 20.4 Å². The summed E-state index contributed by atoms with van der Waals surface area (Å²) < 4.78 is 7.30. The number of amides is 1. The van der Waals surface area contributed by atoms with Crippen LogP contribution in [0.3, 0.4) is 0 Å². The van der Waals surface area contributed by atoms with Crippen LogP contribution in [0.2, 0.25) is 5.02 Å². The average Bonchev–Trinajstić information content (AvgIpc) is 2.64. The van der Waals surface area contributed by atoms with Crippen LogP contribution >= 0.6 is 11.6 Å². The van der Waals surface area contributed by atoms with Gasteiger partial charge in [0.2, 0.25) is 0 Å². The maximum absolute atomic E-state index is 12.6. The Labute approximate surface area is 136 Å². The lowest BCUT2D eigenvalue weighted by Gasteiger charge is -2.38. The third-order valence-corrected chi connectivity index (χ3v) is 4.72. The largest absolute Gasteiger partial charge is 0.381 e. The molecule has 3 rings (SSSR count). The average molecular weight is 327 g/mol. The highest BCUT2D eigenvalue weighted by molar-refractivity contribution is 6.34. The molecular formula is C15H23ClN4O2. The van der Waals surface area contributed by atoms with Crippen molar-refractivity contribution < 1.29 is 9.53 Å². The maximum Gasteiger partial charge on any atom is 0.275 e. The molecule has 0 spiro atoms. The van der Waals surface area contributed by atoms with E-state index >= 15 is 0 Å². The van der Waals surface area contributed by atoms with Gasteiger partial charge in [-0.1, -0.05) is 11.6 Å². The van der Waals surface area contributed by atoms with Gasteiger partial charge < -0.3 is 14.5 Å². The molecule has 0 aromatic carbocycles. The number of carbonyl (C=O) groups excluding carboxylic acids is 1. The van der Waals surface area contributed by atoms with Crippen molar-refractivity contribution in [2.24, 2.45) is 5.92 Å². The Morgan fingerprint density at radius 3 is 2.91 bits per heavy atom. The van der Waals surface area contributed by atoms with Crippen LogP contribution in [0.5, 0.6) is 0 Å². The number of nitrogens with zero attached hydrogens (tertiary/aromatic N) is 4. The molecule has 1 amide bonds. The van der Waals surface area contributed by atoms with E-state index in [1.54, 1.807) is 0 Å². The fraction of sp³-hybridized carbons (Fsp3) is 0.733. The summed E-state index contributed by atoms with van der Waals surface area (Å²) in [7, 11) is 2.06. The minimum Gasteiger partial charge on any atom is -0.381 e. The van der Waals surface area contributed by atoms with Crippen LogP contribution in [0.1, 0.15) is 29.5 Å². The van der Waals surface area contributed by atoms with Crippen molar-refractivity contribution in [1.82, 2.24) is 19.6 Å². The quantitative estimate of drug-likeness (QED) is 0.841. The first-order valence-corrected chi connectivity index (χ1v) is 8.28. The van der Waals surface area contributed by atoms with Crippen LogP contribution < -0.4 is 0 Å². The molecule has 0 radical (unpaired) electrons. The van der Waals surface area contributed by atoms with Crippen LogP contribution in [0, 0.1) is 5.92 Å². The first kappa shape index (κ1) is 15.8. The monoisotopic (exact) mass is 326 g/mol. The van der Waals surface area contributed by atoms with E-state index < -0.39 is 0 Å². The molecule has 122 valence electrons. The van der Waals surface area contributed by atoms with Crippen molar-refractivity contribution in [3.05, 3.63) is 16.4 Å². The number of likely N-dealkylation sites (tertiary alicyclic amines) is 1. The van der Waals surface area contributed by atoms with Crippen molar-refractivity contribution in [1.29, 1.82) is 0 Å². The van der Waals surface area contributed by atoms with Crippen molar-refractivity contribution >= 4 is 17.5 Å². The Hall–Kier alpha value is -1.11.